The van der Waals surface area contributed by atoms with Gasteiger partial charge in [0.05, 0.1) is 24.8 Å². The van der Waals surface area contributed by atoms with Crippen molar-refractivity contribution in [3.63, 3.8) is 0 Å². The van der Waals surface area contributed by atoms with Crippen molar-refractivity contribution in [3.8, 4) is 11.5 Å². The standard InChI is InChI=1S/C17H19NO6S/c1-23-13-6-9-16(24-2)15(11-13)18-25(21,22)14-7-3-12(4-8-14)5-10-17(19)20/h3-4,6-9,11,18H,5,10H2,1-2H3,(H,19,20). The molecule has 0 saturated heterocycles. The summed E-state index contributed by atoms with van der Waals surface area (Å²) in [5.41, 5.74) is 1.01. The van der Waals surface area contributed by atoms with Crippen LogP contribution in [0.3, 0.4) is 0 Å². The van der Waals surface area contributed by atoms with Crippen LogP contribution in [0.4, 0.5) is 5.69 Å². The number of rotatable bonds is 8. The lowest BCUT2D eigenvalue weighted by Gasteiger charge is -2.13. The number of hydrogen-bond acceptors (Lipinski definition) is 5. The van der Waals surface area contributed by atoms with Crippen molar-refractivity contribution in [2.45, 2.75) is 17.7 Å². The Kier molecular flexibility index (Phi) is 5.87. The first-order chi connectivity index (χ1) is 11.9. The summed E-state index contributed by atoms with van der Waals surface area (Å²) in [6, 6.07) is 10.9. The summed E-state index contributed by atoms with van der Waals surface area (Å²) in [6.45, 7) is 0. The molecule has 0 amide bonds. The number of sulfonamides is 1. The fraction of sp³-hybridized carbons (Fsp3) is 0.235. The van der Waals surface area contributed by atoms with Crippen LogP contribution < -0.4 is 14.2 Å². The number of nitrogens with one attached hydrogen (secondary N) is 1. The van der Waals surface area contributed by atoms with E-state index < -0.39 is 16.0 Å². The number of anilines is 1. The highest BCUT2D eigenvalue weighted by Gasteiger charge is 2.17. The van der Waals surface area contributed by atoms with Crippen molar-refractivity contribution < 1.29 is 27.8 Å². The molecule has 2 aromatic rings. The van der Waals surface area contributed by atoms with E-state index in [4.69, 9.17) is 14.6 Å². The van der Waals surface area contributed by atoms with Crippen molar-refractivity contribution in [2.24, 2.45) is 0 Å². The molecule has 25 heavy (non-hydrogen) atoms. The van der Waals surface area contributed by atoms with Gasteiger partial charge in [0.1, 0.15) is 11.5 Å². The number of aryl methyl sites for hydroxylation is 1. The Morgan fingerprint density at radius 3 is 2.32 bits per heavy atom. The molecule has 2 N–H and O–H groups in total. The van der Waals surface area contributed by atoms with Gasteiger partial charge in [0, 0.05) is 12.5 Å². The molecule has 0 bridgehead atoms. The molecule has 2 aromatic carbocycles. The maximum absolute atomic E-state index is 12.5. The Morgan fingerprint density at radius 1 is 1.08 bits per heavy atom. The lowest BCUT2D eigenvalue weighted by molar-refractivity contribution is -0.136. The molecule has 134 valence electrons. The predicted octanol–water partition coefficient (Wildman–Crippen LogP) is 2.52. The van der Waals surface area contributed by atoms with Gasteiger partial charge in [0.15, 0.2) is 0 Å². The molecule has 0 aliphatic rings. The third kappa shape index (κ3) is 4.87. The highest BCUT2D eigenvalue weighted by molar-refractivity contribution is 7.92. The Morgan fingerprint density at radius 2 is 1.76 bits per heavy atom. The number of benzene rings is 2. The minimum absolute atomic E-state index is 0.00858. The van der Waals surface area contributed by atoms with Gasteiger partial charge in [0.2, 0.25) is 0 Å². The molecule has 2 rings (SSSR count). The average Bonchev–Trinajstić information content (AvgIpc) is 2.60. The van der Waals surface area contributed by atoms with Crippen molar-refractivity contribution in [3.05, 3.63) is 48.0 Å². The van der Waals surface area contributed by atoms with Gasteiger partial charge in [-0.1, -0.05) is 12.1 Å². The van der Waals surface area contributed by atoms with Gasteiger partial charge >= 0.3 is 5.97 Å². The molecule has 0 aliphatic heterocycles. The van der Waals surface area contributed by atoms with Crippen LogP contribution in [0.1, 0.15) is 12.0 Å². The molecule has 0 atom stereocenters. The summed E-state index contributed by atoms with van der Waals surface area (Å²) in [6.07, 6.45) is 0.331. The summed E-state index contributed by atoms with van der Waals surface area (Å²) < 4.78 is 37.8. The molecule has 0 saturated carbocycles. The zero-order valence-corrected chi connectivity index (χ0v) is 14.7. The SMILES string of the molecule is COc1ccc(OC)c(NS(=O)(=O)c2ccc(CCC(=O)O)cc2)c1. The minimum Gasteiger partial charge on any atom is -0.497 e. The van der Waals surface area contributed by atoms with Crippen molar-refractivity contribution in [1.29, 1.82) is 0 Å². The Hall–Kier alpha value is -2.74. The number of carbonyl (C=O) groups is 1. The van der Waals surface area contributed by atoms with Gasteiger partial charge in [-0.3, -0.25) is 9.52 Å². The van der Waals surface area contributed by atoms with Crippen LogP contribution in [-0.4, -0.2) is 33.7 Å². The van der Waals surface area contributed by atoms with Crippen LogP contribution in [0, 0.1) is 0 Å². The van der Waals surface area contributed by atoms with Gasteiger partial charge in [-0.25, -0.2) is 8.42 Å². The molecule has 0 fully saturated rings. The van der Waals surface area contributed by atoms with Crippen LogP contribution in [0.25, 0.3) is 0 Å². The predicted molar refractivity (Wildman–Crippen MR) is 92.8 cm³/mol. The van der Waals surface area contributed by atoms with Gasteiger partial charge in [0.25, 0.3) is 10.0 Å². The van der Waals surface area contributed by atoms with Gasteiger partial charge in [-0.15, -0.1) is 0 Å². The second-order valence-corrected chi connectivity index (χ2v) is 6.89. The van der Waals surface area contributed by atoms with Crippen LogP contribution in [-0.2, 0) is 21.2 Å². The largest absolute Gasteiger partial charge is 0.497 e. The smallest absolute Gasteiger partial charge is 0.303 e. The lowest BCUT2D eigenvalue weighted by atomic mass is 10.1. The highest BCUT2D eigenvalue weighted by Crippen LogP contribution is 2.30. The van der Waals surface area contributed by atoms with E-state index in [0.29, 0.717) is 17.9 Å². The second kappa shape index (κ2) is 7.89. The number of carboxylic acid groups (broad SMARTS) is 1. The monoisotopic (exact) mass is 365 g/mol. The van der Waals surface area contributed by atoms with Gasteiger partial charge in [-0.05, 0) is 36.2 Å². The van der Waals surface area contributed by atoms with E-state index >= 15 is 0 Å². The summed E-state index contributed by atoms with van der Waals surface area (Å²) in [5, 5.41) is 8.69. The molecule has 0 unspecified atom stereocenters. The quantitative estimate of drug-likeness (QED) is 0.745. The normalized spacial score (nSPS) is 11.0. The average molecular weight is 365 g/mol. The fourth-order valence-corrected chi connectivity index (χ4v) is 3.25. The Bertz CT molecular complexity index is 846. The minimum atomic E-state index is -3.82. The number of hydrogen-bond donors (Lipinski definition) is 2. The first-order valence-electron chi connectivity index (χ1n) is 7.41. The highest BCUT2D eigenvalue weighted by atomic mass is 32.2. The summed E-state index contributed by atoms with van der Waals surface area (Å²) in [7, 11) is -0.897. The van der Waals surface area contributed by atoms with E-state index in [1.54, 1.807) is 24.3 Å². The second-order valence-electron chi connectivity index (χ2n) is 5.21. The molecule has 0 radical (unpaired) electrons. The van der Waals surface area contributed by atoms with E-state index in [0.717, 1.165) is 5.56 Å². The number of ether oxygens (including phenoxy) is 2. The summed E-state index contributed by atoms with van der Waals surface area (Å²) in [4.78, 5) is 10.7. The van der Waals surface area contributed by atoms with E-state index in [1.165, 1.54) is 32.4 Å². The molecule has 7 nitrogen and oxygen atoms in total. The van der Waals surface area contributed by atoms with E-state index in [1.807, 2.05) is 0 Å². The van der Waals surface area contributed by atoms with E-state index in [9.17, 15) is 13.2 Å². The first-order valence-corrected chi connectivity index (χ1v) is 8.89. The van der Waals surface area contributed by atoms with Crippen LogP contribution in [0.15, 0.2) is 47.4 Å². The van der Waals surface area contributed by atoms with Crippen molar-refractivity contribution >= 4 is 21.7 Å². The molecule has 0 aromatic heterocycles. The maximum atomic E-state index is 12.5. The lowest BCUT2D eigenvalue weighted by Crippen LogP contribution is -2.13. The van der Waals surface area contributed by atoms with Gasteiger partial charge < -0.3 is 14.6 Å². The van der Waals surface area contributed by atoms with Crippen LogP contribution in [0.2, 0.25) is 0 Å². The molecule has 0 aliphatic carbocycles. The van der Waals surface area contributed by atoms with Crippen molar-refractivity contribution in [1.82, 2.24) is 0 Å². The third-order valence-electron chi connectivity index (χ3n) is 3.51. The van der Waals surface area contributed by atoms with Crippen LogP contribution >= 0.6 is 0 Å². The summed E-state index contributed by atoms with van der Waals surface area (Å²) >= 11 is 0. The maximum Gasteiger partial charge on any atom is 0.303 e. The Balaban J connectivity index is 2.23. The zero-order chi connectivity index (χ0) is 18.4. The molecule has 0 spiro atoms. The molecule has 8 heteroatoms. The van der Waals surface area contributed by atoms with Crippen LogP contribution in [0.5, 0.6) is 11.5 Å². The fourth-order valence-electron chi connectivity index (χ4n) is 2.18. The first kappa shape index (κ1) is 18.6. The Labute approximate surface area is 146 Å². The van der Waals surface area contributed by atoms with E-state index in [-0.39, 0.29) is 17.0 Å². The number of carboxylic acids is 1. The molecule has 0 heterocycles. The topological polar surface area (TPSA) is 102 Å². The van der Waals surface area contributed by atoms with Crippen molar-refractivity contribution in [2.75, 3.05) is 18.9 Å². The number of aliphatic carboxylic acids is 1. The zero-order valence-electron chi connectivity index (χ0n) is 13.9. The third-order valence-corrected chi connectivity index (χ3v) is 4.89. The van der Waals surface area contributed by atoms with Gasteiger partial charge in [-0.2, -0.15) is 0 Å². The number of methoxy groups -OCH3 is 2. The molecular formula is C17H19NO6S. The summed E-state index contributed by atoms with van der Waals surface area (Å²) in [5.74, 6) is -0.0477. The molecular weight excluding hydrogens is 346 g/mol. The van der Waals surface area contributed by atoms with E-state index in [2.05, 4.69) is 4.72 Å².